The smallest absolute Gasteiger partial charge is 0.0635 e. The molecule has 1 atom stereocenters. The fraction of sp³-hybridized carbons (Fsp3) is 0.600. The van der Waals surface area contributed by atoms with E-state index in [4.69, 9.17) is 4.74 Å². The molecule has 0 bridgehead atoms. The third-order valence-corrected chi connectivity index (χ3v) is 3.69. The molecule has 1 aliphatic rings. The van der Waals surface area contributed by atoms with E-state index >= 15 is 0 Å². The van der Waals surface area contributed by atoms with Crippen molar-refractivity contribution in [3.63, 3.8) is 0 Å². The first-order valence-corrected chi connectivity index (χ1v) is 7.02. The zero-order chi connectivity index (χ0) is 13.5. The Morgan fingerprint density at radius 2 is 2.26 bits per heavy atom. The lowest BCUT2D eigenvalue weighted by Crippen LogP contribution is -2.33. The second-order valence-corrected chi connectivity index (χ2v) is 4.97. The van der Waals surface area contributed by atoms with Crippen LogP contribution < -0.4 is 10.2 Å². The first kappa shape index (κ1) is 14.3. The Morgan fingerprint density at radius 1 is 1.42 bits per heavy atom. The highest BCUT2D eigenvalue weighted by Crippen LogP contribution is 2.28. The zero-order valence-corrected chi connectivity index (χ0v) is 11.6. The number of nitrogens with one attached hydrogen (secondary N) is 1. The van der Waals surface area contributed by atoms with Crippen LogP contribution >= 0.6 is 0 Å². The van der Waals surface area contributed by atoms with Crippen LogP contribution in [-0.4, -0.2) is 44.6 Å². The lowest BCUT2D eigenvalue weighted by atomic mass is 10.1. The average molecular weight is 264 g/mol. The van der Waals surface area contributed by atoms with E-state index in [1.165, 1.54) is 11.3 Å². The number of benzene rings is 1. The Morgan fingerprint density at radius 3 is 3.05 bits per heavy atom. The van der Waals surface area contributed by atoms with Gasteiger partial charge in [0.05, 0.1) is 19.3 Å². The minimum absolute atomic E-state index is 0.242. The van der Waals surface area contributed by atoms with Crippen LogP contribution in [0.5, 0.6) is 0 Å². The number of rotatable bonds is 7. The molecule has 2 N–H and O–H groups in total. The normalized spacial score (nSPS) is 19.1. The van der Waals surface area contributed by atoms with Crippen LogP contribution in [-0.2, 0) is 11.3 Å². The molecule has 0 aliphatic carbocycles. The van der Waals surface area contributed by atoms with Gasteiger partial charge in [-0.2, -0.15) is 0 Å². The molecule has 1 unspecified atom stereocenters. The molecule has 0 spiro atoms. The van der Waals surface area contributed by atoms with E-state index in [1.807, 2.05) is 0 Å². The highest BCUT2D eigenvalue weighted by molar-refractivity contribution is 5.55. The van der Waals surface area contributed by atoms with E-state index in [2.05, 4.69) is 34.5 Å². The molecule has 1 fully saturated rings. The maximum absolute atomic E-state index is 9.46. The number of ether oxygens (including phenoxy) is 1. The summed E-state index contributed by atoms with van der Waals surface area (Å²) in [5.74, 6) is 0. The van der Waals surface area contributed by atoms with Gasteiger partial charge in [0, 0.05) is 32.4 Å². The van der Waals surface area contributed by atoms with Gasteiger partial charge in [-0.1, -0.05) is 18.2 Å². The third kappa shape index (κ3) is 3.69. The summed E-state index contributed by atoms with van der Waals surface area (Å²) in [6.07, 6.45) is 2.25. The maximum atomic E-state index is 9.46. The molecule has 4 heteroatoms. The fourth-order valence-corrected chi connectivity index (χ4v) is 2.68. The van der Waals surface area contributed by atoms with Gasteiger partial charge in [0.1, 0.15) is 0 Å². The van der Waals surface area contributed by atoms with Gasteiger partial charge in [-0.25, -0.2) is 0 Å². The molecule has 0 radical (unpaired) electrons. The van der Waals surface area contributed by atoms with Gasteiger partial charge >= 0.3 is 0 Å². The lowest BCUT2D eigenvalue weighted by Gasteiger charge is -2.27. The van der Waals surface area contributed by atoms with Gasteiger partial charge < -0.3 is 20.1 Å². The molecular formula is C15H24N2O2. The van der Waals surface area contributed by atoms with E-state index in [1.54, 1.807) is 7.11 Å². The maximum Gasteiger partial charge on any atom is 0.0635 e. The Bertz CT molecular complexity index is 384. The monoisotopic (exact) mass is 264 g/mol. The molecule has 1 heterocycles. The van der Waals surface area contributed by atoms with Crippen LogP contribution in [0.15, 0.2) is 24.3 Å². The molecular weight excluding hydrogens is 240 g/mol. The van der Waals surface area contributed by atoms with Crippen LogP contribution in [0.3, 0.4) is 0 Å². The highest BCUT2D eigenvalue weighted by Gasteiger charge is 2.25. The number of methoxy groups -OCH3 is 1. The van der Waals surface area contributed by atoms with Crippen molar-refractivity contribution in [1.29, 1.82) is 0 Å². The zero-order valence-electron chi connectivity index (χ0n) is 11.6. The van der Waals surface area contributed by atoms with Crippen LogP contribution in [0, 0.1) is 0 Å². The number of hydrogen-bond donors (Lipinski definition) is 2. The molecule has 1 saturated heterocycles. The Labute approximate surface area is 115 Å². The Hall–Kier alpha value is -1.10. The second-order valence-electron chi connectivity index (χ2n) is 4.97. The van der Waals surface area contributed by atoms with Crippen molar-refractivity contribution in [1.82, 2.24) is 5.32 Å². The molecule has 1 aromatic carbocycles. The van der Waals surface area contributed by atoms with Crippen LogP contribution in [0.4, 0.5) is 5.69 Å². The molecule has 19 heavy (non-hydrogen) atoms. The number of aliphatic hydroxyl groups excluding tert-OH is 1. The number of anilines is 1. The summed E-state index contributed by atoms with van der Waals surface area (Å²) in [6.45, 7) is 3.71. The largest absolute Gasteiger partial charge is 0.394 e. The van der Waals surface area contributed by atoms with Gasteiger partial charge in [0.2, 0.25) is 0 Å². The average Bonchev–Trinajstić information content (AvgIpc) is 2.92. The highest BCUT2D eigenvalue weighted by atomic mass is 16.5. The van der Waals surface area contributed by atoms with E-state index in [0.29, 0.717) is 0 Å². The number of hydrogen-bond acceptors (Lipinski definition) is 4. The van der Waals surface area contributed by atoms with Gasteiger partial charge in [-0.15, -0.1) is 0 Å². The summed E-state index contributed by atoms with van der Waals surface area (Å²) in [5, 5.41) is 12.8. The summed E-state index contributed by atoms with van der Waals surface area (Å²) >= 11 is 0. The minimum atomic E-state index is 0.242. The van der Waals surface area contributed by atoms with E-state index in [-0.39, 0.29) is 12.6 Å². The van der Waals surface area contributed by atoms with E-state index in [9.17, 15) is 5.11 Å². The molecule has 0 saturated carbocycles. The summed E-state index contributed by atoms with van der Waals surface area (Å²) in [7, 11) is 1.71. The van der Waals surface area contributed by atoms with Crippen LogP contribution in [0.2, 0.25) is 0 Å². The van der Waals surface area contributed by atoms with Crippen LogP contribution in [0.25, 0.3) is 0 Å². The number of para-hydroxylation sites is 1. The summed E-state index contributed by atoms with van der Waals surface area (Å²) in [4.78, 5) is 2.34. The molecule has 2 rings (SSSR count). The van der Waals surface area contributed by atoms with Gasteiger partial charge in [0.15, 0.2) is 0 Å². The molecule has 1 aromatic rings. The predicted molar refractivity (Wildman–Crippen MR) is 77.5 cm³/mol. The van der Waals surface area contributed by atoms with Gasteiger partial charge in [-0.05, 0) is 24.5 Å². The minimum Gasteiger partial charge on any atom is -0.394 e. The molecule has 0 amide bonds. The molecule has 1 aliphatic heterocycles. The standard InChI is InChI=1S/C15H24N2O2/c1-19-10-8-16-11-13-5-2-3-7-15(13)17-9-4-6-14(17)12-18/h2-3,5,7,14,16,18H,4,6,8-12H2,1H3. The SMILES string of the molecule is COCCNCc1ccccc1N1CCCC1CO. The van der Waals surface area contributed by atoms with E-state index < -0.39 is 0 Å². The number of aliphatic hydroxyl groups is 1. The topological polar surface area (TPSA) is 44.7 Å². The third-order valence-electron chi connectivity index (χ3n) is 3.69. The quantitative estimate of drug-likeness (QED) is 0.730. The van der Waals surface area contributed by atoms with Crippen molar-refractivity contribution in [3.05, 3.63) is 29.8 Å². The van der Waals surface area contributed by atoms with Crippen molar-refractivity contribution in [2.45, 2.75) is 25.4 Å². The summed E-state index contributed by atoms with van der Waals surface area (Å²) in [6, 6.07) is 8.73. The van der Waals surface area contributed by atoms with Crippen molar-refractivity contribution in [2.24, 2.45) is 0 Å². The second kappa shape index (κ2) is 7.48. The van der Waals surface area contributed by atoms with Crippen molar-refractivity contribution >= 4 is 5.69 Å². The van der Waals surface area contributed by atoms with Crippen LogP contribution in [0.1, 0.15) is 18.4 Å². The Balaban J connectivity index is 2.03. The van der Waals surface area contributed by atoms with Gasteiger partial charge in [0.25, 0.3) is 0 Å². The fourth-order valence-electron chi connectivity index (χ4n) is 2.68. The van der Waals surface area contributed by atoms with Crippen molar-refractivity contribution < 1.29 is 9.84 Å². The van der Waals surface area contributed by atoms with Crippen molar-refractivity contribution in [2.75, 3.05) is 38.3 Å². The lowest BCUT2D eigenvalue weighted by molar-refractivity contribution is 0.199. The van der Waals surface area contributed by atoms with Gasteiger partial charge in [-0.3, -0.25) is 0 Å². The molecule has 4 nitrogen and oxygen atoms in total. The molecule has 0 aromatic heterocycles. The number of nitrogens with zero attached hydrogens (tertiary/aromatic N) is 1. The summed E-state index contributed by atoms with van der Waals surface area (Å²) < 4.78 is 5.04. The van der Waals surface area contributed by atoms with E-state index in [0.717, 1.165) is 39.1 Å². The molecule has 106 valence electrons. The predicted octanol–water partition coefficient (Wildman–Crippen LogP) is 1.38. The summed E-state index contributed by atoms with van der Waals surface area (Å²) in [5.41, 5.74) is 2.54. The first-order chi connectivity index (χ1) is 9.36. The first-order valence-electron chi connectivity index (χ1n) is 7.02. The van der Waals surface area contributed by atoms with Crippen molar-refractivity contribution in [3.8, 4) is 0 Å². The Kier molecular flexibility index (Phi) is 5.63.